The standard InChI is InChI=1S/C23H29N5O2/c1-27(2)12-5-13-28(17-18-6-4-7-22(14-18)30-3)23(29)26-21-10-8-19(9-11-21)20-15-24-25-16-20/h4,6-11,14-16H,5,12-13,17H2,1-3H3,(H,24,25)(H,26,29). The first-order chi connectivity index (χ1) is 14.5. The van der Waals surface area contributed by atoms with Crippen LogP contribution in [0.15, 0.2) is 60.9 Å². The van der Waals surface area contributed by atoms with Crippen LogP contribution in [0.25, 0.3) is 11.1 Å². The summed E-state index contributed by atoms with van der Waals surface area (Å²) in [5.74, 6) is 0.788. The Morgan fingerprint density at radius 3 is 2.57 bits per heavy atom. The number of benzene rings is 2. The summed E-state index contributed by atoms with van der Waals surface area (Å²) in [5.41, 5.74) is 3.84. The number of rotatable bonds is 9. The van der Waals surface area contributed by atoms with Crippen LogP contribution in [0.2, 0.25) is 0 Å². The van der Waals surface area contributed by atoms with Crippen molar-refractivity contribution in [1.82, 2.24) is 20.0 Å². The molecule has 0 spiro atoms. The van der Waals surface area contributed by atoms with Gasteiger partial charge in [0, 0.05) is 30.5 Å². The average Bonchev–Trinajstić information content (AvgIpc) is 3.28. The van der Waals surface area contributed by atoms with E-state index < -0.39 is 0 Å². The van der Waals surface area contributed by atoms with Crippen molar-refractivity contribution in [1.29, 1.82) is 0 Å². The normalized spacial score (nSPS) is 10.8. The highest BCUT2D eigenvalue weighted by molar-refractivity contribution is 5.89. The molecule has 7 heteroatoms. The number of H-pyrrole nitrogens is 1. The summed E-state index contributed by atoms with van der Waals surface area (Å²) in [4.78, 5) is 17.0. The predicted molar refractivity (Wildman–Crippen MR) is 120 cm³/mol. The number of aromatic nitrogens is 2. The molecule has 3 rings (SSSR count). The molecule has 3 aromatic rings. The van der Waals surface area contributed by atoms with E-state index in [0.29, 0.717) is 13.1 Å². The Bertz CT molecular complexity index is 923. The minimum Gasteiger partial charge on any atom is -0.497 e. The molecule has 158 valence electrons. The Labute approximate surface area is 177 Å². The highest BCUT2D eigenvalue weighted by atomic mass is 16.5. The fourth-order valence-electron chi connectivity index (χ4n) is 3.18. The first kappa shape index (κ1) is 21.4. The van der Waals surface area contributed by atoms with Crippen molar-refractivity contribution in [3.05, 3.63) is 66.5 Å². The van der Waals surface area contributed by atoms with E-state index in [4.69, 9.17) is 4.74 Å². The van der Waals surface area contributed by atoms with Crippen LogP contribution in [0.5, 0.6) is 5.75 Å². The van der Waals surface area contributed by atoms with E-state index >= 15 is 0 Å². The van der Waals surface area contributed by atoms with Crippen molar-refractivity contribution in [3.8, 4) is 16.9 Å². The highest BCUT2D eigenvalue weighted by Crippen LogP contribution is 2.21. The molecule has 0 unspecified atom stereocenters. The molecule has 0 aliphatic rings. The summed E-state index contributed by atoms with van der Waals surface area (Å²) in [6.07, 6.45) is 4.51. The monoisotopic (exact) mass is 407 g/mol. The highest BCUT2D eigenvalue weighted by Gasteiger charge is 2.15. The van der Waals surface area contributed by atoms with Crippen LogP contribution in [0, 0.1) is 0 Å². The van der Waals surface area contributed by atoms with Crippen molar-refractivity contribution in [2.45, 2.75) is 13.0 Å². The van der Waals surface area contributed by atoms with Gasteiger partial charge in [0.15, 0.2) is 0 Å². The number of urea groups is 1. The van der Waals surface area contributed by atoms with Gasteiger partial charge in [-0.3, -0.25) is 5.10 Å². The molecule has 2 aromatic carbocycles. The first-order valence-corrected chi connectivity index (χ1v) is 9.98. The van der Waals surface area contributed by atoms with E-state index in [1.165, 1.54) is 0 Å². The zero-order valence-corrected chi connectivity index (χ0v) is 17.8. The number of aromatic amines is 1. The third-order valence-electron chi connectivity index (χ3n) is 4.80. The molecule has 0 radical (unpaired) electrons. The van der Waals surface area contributed by atoms with Crippen molar-refractivity contribution < 1.29 is 9.53 Å². The van der Waals surface area contributed by atoms with E-state index in [1.807, 2.05) is 73.7 Å². The maximum Gasteiger partial charge on any atom is 0.322 e. The topological polar surface area (TPSA) is 73.5 Å². The Hall–Kier alpha value is -3.32. The quantitative estimate of drug-likeness (QED) is 0.561. The molecule has 1 aromatic heterocycles. The summed E-state index contributed by atoms with van der Waals surface area (Å²) in [7, 11) is 5.72. The summed E-state index contributed by atoms with van der Waals surface area (Å²) >= 11 is 0. The Kier molecular flexibility index (Phi) is 7.45. The van der Waals surface area contributed by atoms with E-state index in [9.17, 15) is 4.79 Å². The van der Waals surface area contributed by atoms with Gasteiger partial charge >= 0.3 is 6.03 Å². The zero-order valence-electron chi connectivity index (χ0n) is 17.8. The summed E-state index contributed by atoms with van der Waals surface area (Å²) in [6, 6.07) is 15.5. The first-order valence-electron chi connectivity index (χ1n) is 9.98. The summed E-state index contributed by atoms with van der Waals surface area (Å²) in [5, 5.41) is 9.80. The van der Waals surface area contributed by atoms with Gasteiger partial charge in [-0.15, -0.1) is 0 Å². The van der Waals surface area contributed by atoms with Gasteiger partial charge in [0.2, 0.25) is 0 Å². The Balaban J connectivity index is 1.68. The third kappa shape index (κ3) is 6.09. The van der Waals surface area contributed by atoms with Crippen LogP contribution in [0.4, 0.5) is 10.5 Å². The van der Waals surface area contributed by atoms with Crippen LogP contribution in [-0.2, 0) is 6.54 Å². The molecular weight excluding hydrogens is 378 g/mol. The second kappa shape index (κ2) is 10.5. The number of amides is 2. The van der Waals surface area contributed by atoms with Crippen LogP contribution in [0.3, 0.4) is 0 Å². The maximum atomic E-state index is 13.0. The number of anilines is 1. The lowest BCUT2D eigenvalue weighted by molar-refractivity contribution is 0.205. The lowest BCUT2D eigenvalue weighted by atomic mass is 10.1. The molecule has 0 saturated heterocycles. The molecule has 0 aliphatic heterocycles. The largest absolute Gasteiger partial charge is 0.497 e. The van der Waals surface area contributed by atoms with Crippen LogP contribution in [-0.4, -0.2) is 60.3 Å². The molecule has 0 saturated carbocycles. The minimum absolute atomic E-state index is 0.118. The number of hydrogen-bond acceptors (Lipinski definition) is 4. The molecule has 0 fully saturated rings. The summed E-state index contributed by atoms with van der Waals surface area (Å²) < 4.78 is 5.31. The van der Waals surface area contributed by atoms with Gasteiger partial charge in [0.05, 0.1) is 13.3 Å². The van der Waals surface area contributed by atoms with Gasteiger partial charge in [0.1, 0.15) is 5.75 Å². The number of nitrogens with zero attached hydrogens (tertiary/aromatic N) is 3. The summed E-state index contributed by atoms with van der Waals surface area (Å²) in [6.45, 7) is 2.10. The number of methoxy groups -OCH3 is 1. The molecule has 2 amide bonds. The van der Waals surface area contributed by atoms with Gasteiger partial charge in [0.25, 0.3) is 0 Å². The number of ether oxygens (including phenoxy) is 1. The smallest absolute Gasteiger partial charge is 0.322 e. The van der Waals surface area contributed by atoms with Crippen LogP contribution in [0.1, 0.15) is 12.0 Å². The molecule has 0 atom stereocenters. The molecule has 2 N–H and O–H groups in total. The van der Waals surface area contributed by atoms with Gasteiger partial charge in [-0.2, -0.15) is 5.10 Å². The van der Waals surface area contributed by atoms with Crippen molar-refractivity contribution in [2.24, 2.45) is 0 Å². The lowest BCUT2D eigenvalue weighted by Gasteiger charge is -2.24. The van der Waals surface area contributed by atoms with E-state index in [-0.39, 0.29) is 6.03 Å². The SMILES string of the molecule is COc1cccc(CN(CCCN(C)C)C(=O)Nc2ccc(-c3cn[nH]c3)cc2)c1. The number of carbonyl (C=O) groups excluding carboxylic acids is 1. The van der Waals surface area contributed by atoms with Gasteiger partial charge in [-0.05, 0) is 62.5 Å². The minimum atomic E-state index is -0.118. The molecule has 7 nitrogen and oxygen atoms in total. The van der Waals surface area contributed by atoms with Crippen molar-refractivity contribution in [2.75, 3.05) is 39.6 Å². The molecule has 0 aliphatic carbocycles. The van der Waals surface area contributed by atoms with E-state index in [0.717, 1.165) is 41.1 Å². The van der Waals surface area contributed by atoms with Gasteiger partial charge in [-0.25, -0.2) is 4.79 Å². The number of hydrogen-bond donors (Lipinski definition) is 2. The van der Waals surface area contributed by atoms with Crippen molar-refractivity contribution in [3.63, 3.8) is 0 Å². The van der Waals surface area contributed by atoms with Crippen LogP contribution < -0.4 is 10.1 Å². The molecule has 1 heterocycles. The Morgan fingerprint density at radius 2 is 1.90 bits per heavy atom. The molecular formula is C23H29N5O2. The van der Waals surface area contributed by atoms with Gasteiger partial charge in [-0.1, -0.05) is 24.3 Å². The molecule has 0 bridgehead atoms. The van der Waals surface area contributed by atoms with E-state index in [2.05, 4.69) is 20.4 Å². The fraction of sp³-hybridized carbons (Fsp3) is 0.304. The zero-order chi connectivity index (χ0) is 21.3. The average molecular weight is 408 g/mol. The second-order valence-electron chi connectivity index (χ2n) is 7.42. The molecule has 30 heavy (non-hydrogen) atoms. The van der Waals surface area contributed by atoms with E-state index in [1.54, 1.807) is 13.3 Å². The fourth-order valence-corrected chi connectivity index (χ4v) is 3.18. The Morgan fingerprint density at radius 1 is 1.10 bits per heavy atom. The number of nitrogens with one attached hydrogen (secondary N) is 2. The van der Waals surface area contributed by atoms with Crippen molar-refractivity contribution >= 4 is 11.7 Å². The predicted octanol–water partition coefficient (Wildman–Crippen LogP) is 4.07. The number of carbonyl (C=O) groups is 1. The lowest BCUT2D eigenvalue weighted by Crippen LogP contribution is -2.36. The third-order valence-corrected chi connectivity index (χ3v) is 4.80. The maximum absolute atomic E-state index is 13.0. The second-order valence-corrected chi connectivity index (χ2v) is 7.42. The van der Waals surface area contributed by atoms with Gasteiger partial charge < -0.3 is 19.9 Å². The van der Waals surface area contributed by atoms with Crippen LogP contribution >= 0.6 is 0 Å².